The van der Waals surface area contributed by atoms with Crippen molar-refractivity contribution in [1.29, 1.82) is 0 Å². The minimum atomic E-state index is -3.80. The van der Waals surface area contributed by atoms with E-state index in [1.54, 1.807) is 85.7 Å². The fraction of sp³-hybridized carbons (Fsp3) is 0.407. The van der Waals surface area contributed by atoms with E-state index in [0.29, 0.717) is 49.9 Å². The summed E-state index contributed by atoms with van der Waals surface area (Å²) in [6.07, 6.45) is 26.3. The fourth-order valence-electron chi connectivity index (χ4n) is 14.5. The number of carbonyl (C=O) groups excluding carboxylic acids is 2. The lowest BCUT2D eigenvalue weighted by Gasteiger charge is -2.27. The van der Waals surface area contributed by atoms with Crippen LogP contribution in [0.15, 0.2) is 205 Å². The smallest absolute Gasteiger partial charge is 0.303 e. The summed E-state index contributed by atoms with van der Waals surface area (Å²) < 4.78 is 54.4. The molecule has 0 aliphatic heterocycles. The second kappa shape index (κ2) is 44.0. The van der Waals surface area contributed by atoms with Gasteiger partial charge in [-0.15, -0.1) is 0 Å². The number of carboxylic acids is 1. The number of fused-ring (bicyclic) bond motifs is 3. The van der Waals surface area contributed by atoms with E-state index in [0.717, 1.165) is 102 Å². The summed E-state index contributed by atoms with van der Waals surface area (Å²) in [5.74, 6) is -0.0525. The number of H-pyrrole nitrogens is 1. The number of amides is 2. The molecule has 0 saturated heterocycles. The zero-order valence-corrected chi connectivity index (χ0v) is 76.3. The van der Waals surface area contributed by atoms with Gasteiger partial charge in [-0.3, -0.25) is 34.4 Å². The Hall–Kier alpha value is -7.79. The number of hydrogen-bond acceptors (Lipinski definition) is 17. The average Bonchev–Trinajstić information content (AvgIpc) is 1.70. The molecule has 0 unspecified atom stereocenters. The van der Waals surface area contributed by atoms with Crippen molar-refractivity contribution in [3.05, 3.63) is 240 Å². The van der Waals surface area contributed by atoms with Crippen LogP contribution >= 0.6 is 81.0 Å². The molecule has 6 atom stereocenters. The Balaban J connectivity index is 0.000000285. The van der Waals surface area contributed by atoms with Gasteiger partial charge in [0.1, 0.15) is 0 Å². The number of benzene rings is 5. The number of aryl methyl sites for hydroxylation is 2. The van der Waals surface area contributed by atoms with Crippen LogP contribution < -0.4 is 16.4 Å². The van der Waals surface area contributed by atoms with E-state index in [1.807, 2.05) is 121 Å². The quantitative estimate of drug-likeness (QED) is 0.0279. The number of rotatable bonds is 30. The number of carboxylic acid groups (broad SMARTS) is 1. The molecule has 11 aromatic rings. The van der Waals surface area contributed by atoms with E-state index in [2.05, 4.69) is 126 Å². The van der Waals surface area contributed by atoms with E-state index < -0.39 is 26.0 Å². The van der Waals surface area contributed by atoms with Crippen molar-refractivity contribution in [2.24, 2.45) is 22.0 Å². The number of carbonyl (C=O) groups is 3. The Labute approximate surface area is 732 Å². The molecular weight excluding hydrogens is 1630 g/mol. The molecule has 117 heavy (non-hydrogen) atoms. The molecule has 6 heterocycles. The van der Waals surface area contributed by atoms with Crippen LogP contribution in [0.4, 0.5) is 0 Å². The van der Waals surface area contributed by atoms with E-state index in [1.165, 1.54) is 24.0 Å². The first-order valence-corrected chi connectivity index (χ1v) is 41.0. The van der Waals surface area contributed by atoms with Gasteiger partial charge in [-0.05, 0) is 254 Å². The Morgan fingerprint density at radius 1 is 0.470 bits per heavy atom. The summed E-state index contributed by atoms with van der Waals surface area (Å²) in [6, 6.07) is 43.8. The highest BCUT2D eigenvalue weighted by Crippen LogP contribution is 2.59. The van der Waals surface area contributed by atoms with Crippen LogP contribution in [0.25, 0.3) is 32.7 Å². The maximum absolute atomic E-state index is 13.2. The summed E-state index contributed by atoms with van der Waals surface area (Å²) in [5, 5.41) is 33.4. The first-order valence-electron chi connectivity index (χ1n) is 38.1. The molecule has 0 bridgehead atoms. The van der Waals surface area contributed by atoms with E-state index in [-0.39, 0.29) is 161 Å². The second-order valence-corrected chi connectivity index (χ2v) is 35.5. The monoisotopic (exact) mass is 1750 g/mol. The number of likely N-dealkylation sites (N-methyl/N-ethyl adjacent to an activating group) is 3. The third kappa shape index (κ3) is 26.1. The van der Waals surface area contributed by atoms with Crippen LogP contribution in [0, 0.1) is 30.1 Å². The van der Waals surface area contributed by atoms with Crippen LogP contribution in [0.2, 0.25) is 0 Å². The van der Waals surface area contributed by atoms with Gasteiger partial charge in [-0.25, -0.2) is 0 Å². The van der Waals surface area contributed by atoms with Gasteiger partial charge < -0.3 is 36.2 Å². The molecule has 14 rings (SSSR count). The molecule has 5 aromatic carbocycles. The van der Waals surface area contributed by atoms with Crippen LogP contribution in [-0.4, -0.2) is 178 Å². The van der Waals surface area contributed by atoms with Crippen molar-refractivity contribution >= 4 is 152 Å². The van der Waals surface area contributed by atoms with Gasteiger partial charge in [0.2, 0.25) is 11.8 Å². The maximum Gasteiger partial charge on any atom is 0.303 e. The van der Waals surface area contributed by atoms with Gasteiger partial charge in [0.15, 0.2) is 0 Å². The molecule has 2 amide bonds. The molecule has 3 saturated carbocycles. The zero-order chi connectivity index (χ0) is 79.4. The molecular formula is C86H119N15O8S8. The van der Waals surface area contributed by atoms with Crippen molar-refractivity contribution in [3.8, 4) is 0 Å². The van der Waals surface area contributed by atoms with Crippen LogP contribution in [0.3, 0.4) is 0 Å². The molecule has 3 aliphatic rings. The topological polar surface area (TPSA) is 303 Å². The lowest BCUT2D eigenvalue weighted by molar-refractivity contribution is -0.138. The number of nitrogens with two attached hydrogens (primary N) is 1. The molecule has 0 spiro atoms. The largest absolute Gasteiger partial charge is 0.481 e. The lowest BCUT2D eigenvalue weighted by atomic mass is 9.82. The van der Waals surface area contributed by atoms with Gasteiger partial charge in [0.25, 0.3) is 20.0 Å². The number of aromatic amines is 1. The first kappa shape index (κ1) is 99.8. The van der Waals surface area contributed by atoms with Crippen molar-refractivity contribution in [2.75, 3.05) is 61.9 Å². The first-order chi connectivity index (χ1) is 52.9. The van der Waals surface area contributed by atoms with Gasteiger partial charge in [-0.2, -0.15) is 121 Å². The molecule has 0 radical (unpaired) electrons. The normalized spacial score (nSPS) is 15.4. The van der Waals surface area contributed by atoms with Crippen molar-refractivity contribution < 1.29 is 36.3 Å². The Morgan fingerprint density at radius 3 is 1.14 bits per heavy atom. The minimum Gasteiger partial charge on any atom is -0.481 e. The highest BCUT2D eigenvalue weighted by Gasteiger charge is 2.48. The van der Waals surface area contributed by atoms with E-state index >= 15 is 0 Å². The maximum atomic E-state index is 13.2. The number of pyridine rings is 3. The van der Waals surface area contributed by atoms with Gasteiger partial charge in [0.05, 0.1) is 51.4 Å². The number of nitrogens with one attached hydrogen (secondary N) is 3. The molecule has 3 aliphatic carbocycles. The highest BCUT2D eigenvalue weighted by molar-refractivity contribution is 7.90. The molecule has 23 nitrogen and oxygen atoms in total. The van der Waals surface area contributed by atoms with Crippen molar-refractivity contribution in [2.45, 2.75) is 157 Å². The van der Waals surface area contributed by atoms with Crippen molar-refractivity contribution in [1.82, 2.24) is 68.9 Å². The lowest BCUT2D eigenvalue weighted by Crippen LogP contribution is -2.42. The molecule has 6 aromatic heterocycles. The number of nitrogens with zero attached hydrogens (tertiary/aromatic N) is 11. The minimum absolute atomic E-state index is 0. The van der Waals surface area contributed by atoms with Gasteiger partial charge in [-0.1, -0.05) is 92.6 Å². The van der Waals surface area contributed by atoms with Crippen LogP contribution in [0.1, 0.15) is 141 Å². The SMILES string of the molecule is CC1([C@H](CC(=O)O)c2cccnc2)CC1.CN(C)[C@H](CNC(=O)C[C@H](c1cccnc1)C1(C)CC1)Cc1ccc2[nH]ncc2c1.Cc1ccc(S(=O)(=O)n2ncc3cc(C[C@@H](CN)N(C)C)ccc32)cc1.Cc1ccc(S(=O)(=O)n2ncc3cc(C[C@@H](CNC(=O)C[C@H](c4cccnc4)C4(C)CC4)N(C)C)ccc32)cc1.S.S.S.S.S.S. The number of aromatic nitrogens is 9. The standard InChI is InChI=1S/C31H37N5O3S.C24H31N5O.C19H24N4O2S.C12H15NO2.6H2S/c1-22-7-10-27(11-8-22)40(38,39)36-29-12-9-23(16-25(29)20-34-36)17-26(35(3)4)21-33-30(37)18-28(31(2)13-14-31)24-6-5-15-32-19-24;1-24(8-9-24)21(18-5-4-10-25-14-18)13-23(30)26-16-20(29(2)3)12-17-6-7-22-19(11-17)15-27-28-22;1-14-4-7-18(8-5-14)26(24,25)23-19-9-6-15(10-16(19)13-21-23)11-17(12-20)22(2)3;1-12(4-5-12)10(7-11(14)15)9-3-2-6-13-8-9;;;;;;/h5-12,15-16,19-20,26,28H,13-14,17-18,21H2,1-4H3,(H,33,37);4-7,10-11,14-15,20-21H,8-9,12-13,16H2,1-3H3,(H,26,30)(H,27,28);4-10,13,17H,11-12,20H2,1-3H3;2-3,6,8,10H,4-5,7H2,1H3,(H,14,15);6*1H2/t26-,28+;20-,21+;17-;10-;;;;;;/m0001....../s1. The Bertz CT molecular complexity index is 5210. The van der Waals surface area contributed by atoms with E-state index in [9.17, 15) is 31.2 Å². The average molecular weight is 1750 g/mol. The predicted molar refractivity (Wildman–Crippen MR) is 498 cm³/mol. The molecule has 31 heteroatoms. The fourth-order valence-corrected chi connectivity index (χ4v) is 17.0. The summed E-state index contributed by atoms with van der Waals surface area (Å²) in [4.78, 5) is 56.2. The predicted octanol–water partition coefficient (Wildman–Crippen LogP) is 13.2. The molecule has 6 N–H and O–H groups in total. The Morgan fingerprint density at radius 2 is 0.812 bits per heavy atom. The third-order valence-corrected chi connectivity index (χ3v) is 26.0. The summed E-state index contributed by atoms with van der Waals surface area (Å²) >= 11 is 0. The van der Waals surface area contributed by atoms with Crippen molar-refractivity contribution in [3.63, 3.8) is 0 Å². The van der Waals surface area contributed by atoms with Crippen LogP contribution in [0.5, 0.6) is 0 Å². The van der Waals surface area contributed by atoms with Crippen LogP contribution in [-0.2, 0) is 53.7 Å². The third-order valence-electron chi connectivity index (χ3n) is 22.8. The van der Waals surface area contributed by atoms with Gasteiger partial charge in [0, 0.05) is 110 Å². The highest BCUT2D eigenvalue weighted by atomic mass is 32.2. The molecule has 634 valence electrons. The summed E-state index contributed by atoms with van der Waals surface area (Å²) in [7, 11) is 4.63. The van der Waals surface area contributed by atoms with Gasteiger partial charge >= 0.3 is 5.97 Å². The summed E-state index contributed by atoms with van der Waals surface area (Å²) in [5.41, 5.74) is 17.3. The molecule has 3 fully saturated rings. The van der Waals surface area contributed by atoms with E-state index in [4.69, 9.17) is 10.8 Å². The second-order valence-electron chi connectivity index (χ2n) is 32.0. The Kier molecular flexibility index (Phi) is 37.5. The number of hydrogen-bond donors (Lipinski definition) is 5. The summed E-state index contributed by atoms with van der Waals surface area (Å²) in [6.45, 7) is 12.2. The number of aliphatic carboxylic acids is 1. The zero-order valence-electron chi connectivity index (χ0n) is 68.7.